The molecule has 0 amide bonds. The number of pyridine rings is 1. The zero-order valence-electron chi connectivity index (χ0n) is 5.62. The summed E-state index contributed by atoms with van der Waals surface area (Å²) >= 11 is 5.57. The lowest BCUT2D eigenvalue weighted by Crippen LogP contribution is -1.91. The van der Waals surface area contributed by atoms with E-state index in [2.05, 4.69) is 4.98 Å². The number of carbonyl (C=O) groups is 1. The van der Waals surface area contributed by atoms with E-state index in [0.717, 1.165) is 0 Å². The molecule has 0 aromatic carbocycles. The smallest absolute Gasteiger partial charge is 0.151 e. The van der Waals surface area contributed by atoms with Gasteiger partial charge in [-0.25, -0.2) is 4.98 Å². The normalized spacial score (nSPS) is 9.64. The highest BCUT2D eigenvalue weighted by Crippen LogP contribution is 2.12. The second-order valence-corrected chi connectivity index (χ2v) is 2.35. The van der Waals surface area contributed by atoms with Crippen LogP contribution in [0.3, 0.4) is 0 Å². The van der Waals surface area contributed by atoms with Crippen molar-refractivity contribution < 1.29 is 9.90 Å². The summed E-state index contributed by atoms with van der Waals surface area (Å²) in [6, 6.07) is 1.50. The highest BCUT2D eigenvalue weighted by molar-refractivity contribution is 6.30. The average molecular weight is 172 g/mol. The predicted octanol–water partition coefficient (Wildman–Crippen LogP) is 1.04. The SMILES string of the molecule is O=Cc1cnc(Cl)c(CO)c1. The van der Waals surface area contributed by atoms with Crippen molar-refractivity contribution in [2.45, 2.75) is 6.61 Å². The molecule has 0 bridgehead atoms. The average Bonchev–Trinajstić information content (AvgIpc) is 2.05. The minimum Gasteiger partial charge on any atom is -0.392 e. The van der Waals surface area contributed by atoms with Gasteiger partial charge in [0.2, 0.25) is 0 Å². The van der Waals surface area contributed by atoms with Crippen LogP contribution in [0.15, 0.2) is 12.3 Å². The van der Waals surface area contributed by atoms with Crippen LogP contribution < -0.4 is 0 Å². The summed E-state index contributed by atoms with van der Waals surface area (Å²) in [4.78, 5) is 13.9. The molecule has 11 heavy (non-hydrogen) atoms. The molecule has 0 spiro atoms. The predicted molar refractivity (Wildman–Crippen MR) is 40.6 cm³/mol. The number of hydrogen-bond acceptors (Lipinski definition) is 3. The summed E-state index contributed by atoms with van der Waals surface area (Å²) in [7, 11) is 0. The first-order valence-electron chi connectivity index (χ1n) is 2.98. The van der Waals surface area contributed by atoms with E-state index in [-0.39, 0.29) is 11.8 Å². The number of carbonyl (C=O) groups excluding carboxylic acids is 1. The number of rotatable bonds is 2. The standard InChI is InChI=1S/C7H6ClNO2/c8-7-6(4-11)1-5(3-10)2-9-7/h1-3,11H,4H2. The monoisotopic (exact) mass is 171 g/mol. The van der Waals surface area contributed by atoms with Crippen LogP contribution in [0.1, 0.15) is 15.9 Å². The minimum atomic E-state index is -0.201. The third-order valence-corrected chi connectivity index (χ3v) is 1.58. The third kappa shape index (κ3) is 1.76. The number of hydrogen-bond donors (Lipinski definition) is 1. The van der Waals surface area contributed by atoms with Crippen LogP contribution in [-0.4, -0.2) is 16.4 Å². The zero-order valence-corrected chi connectivity index (χ0v) is 6.38. The molecule has 0 fully saturated rings. The molecule has 0 aliphatic heterocycles. The summed E-state index contributed by atoms with van der Waals surface area (Å²) in [5.74, 6) is 0. The van der Waals surface area contributed by atoms with Crippen molar-refractivity contribution in [3.8, 4) is 0 Å². The Kier molecular flexibility index (Phi) is 2.57. The highest BCUT2D eigenvalue weighted by atomic mass is 35.5. The van der Waals surface area contributed by atoms with Crippen molar-refractivity contribution in [1.82, 2.24) is 4.98 Å². The van der Waals surface area contributed by atoms with Gasteiger partial charge in [-0.05, 0) is 6.07 Å². The van der Waals surface area contributed by atoms with E-state index in [1.807, 2.05) is 0 Å². The van der Waals surface area contributed by atoms with Crippen LogP contribution in [-0.2, 0) is 6.61 Å². The van der Waals surface area contributed by atoms with Crippen molar-refractivity contribution in [3.05, 3.63) is 28.5 Å². The fourth-order valence-electron chi connectivity index (χ4n) is 0.687. The van der Waals surface area contributed by atoms with Gasteiger partial charge in [-0.2, -0.15) is 0 Å². The molecule has 1 N–H and O–H groups in total. The van der Waals surface area contributed by atoms with Crippen molar-refractivity contribution in [2.24, 2.45) is 0 Å². The molecule has 0 saturated heterocycles. The van der Waals surface area contributed by atoms with E-state index < -0.39 is 0 Å². The number of nitrogens with zero attached hydrogens (tertiary/aromatic N) is 1. The summed E-state index contributed by atoms with van der Waals surface area (Å²) in [6.45, 7) is -0.201. The molecule has 58 valence electrons. The Balaban J connectivity index is 3.12. The molecule has 0 aliphatic carbocycles. The Morgan fingerprint density at radius 3 is 3.00 bits per heavy atom. The van der Waals surface area contributed by atoms with E-state index in [4.69, 9.17) is 16.7 Å². The van der Waals surface area contributed by atoms with Gasteiger partial charge >= 0.3 is 0 Å². The fourth-order valence-corrected chi connectivity index (χ4v) is 0.851. The summed E-state index contributed by atoms with van der Waals surface area (Å²) in [6.07, 6.45) is 2.01. The van der Waals surface area contributed by atoms with Gasteiger partial charge in [0.15, 0.2) is 6.29 Å². The molecule has 1 heterocycles. The second-order valence-electron chi connectivity index (χ2n) is 1.99. The summed E-state index contributed by atoms with van der Waals surface area (Å²) in [5, 5.41) is 8.93. The lowest BCUT2D eigenvalue weighted by Gasteiger charge is -1.98. The van der Waals surface area contributed by atoms with Crippen LogP contribution in [0.25, 0.3) is 0 Å². The van der Waals surface area contributed by atoms with Crippen LogP contribution in [0.5, 0.6) is 0 Å². The molecule has 3 nitrogen and oxygen atoms in total. The first kappa shape index (κ1) is 8.17. The third-order valence-electron chi connectivity index (χ3n) is 1.24. The minimum absolute atomic E-state index is 0.201. The van der Waals surface area contributed by atoms with Crippen molar-refractivity contribution in [3.63, 3.8) is 0 Å². The van der Waals surface area contributed by atoms with Gasteiger partial charge in [0.1, 0.15) is 5.15 Å². The van der Waals surface area contributed by atoms with E-state index in [9.17, 15) is 4.79 Å². The molecule has 0 aliphatic rings. The molecule has 0 unspecified atom stereocenters. The van der Waals surface area contributed by atoms with Crippen LogP contribution in [0.2, 0.25) is 5.15 Å². The Morgan fingerprint density at radius 2 is 2.45 bits per heavy atom. The maximum atomic E-state index is 10.2. The molecular weight excluding hydrogens is 166 g/mol. The van der Waals surface area contributed by atoms with Crippen LogP contribution in [0, 0.1) is 0 Å². The molecule has 0 atom stereocenters. The summed E-state index contributed by atoms with van der Waals surface area (Å²) in [5.41, 5.74) is 0.884. The molecular formula is C7H6ClNO2. The Hall–Kier alpha value is -0.930. The Morgan fingerprint density at radius 1 is 1.73 bits per heavy atom. The number of halogens is 1. The first-order chi connectivity index (χ1) is 5.27. The molecule has 4 heteroatoms. The second kappa shape index (κ2) is 3.46. The molecule has 1 aromatic heterocycles. The van der Waals surface area contributed by atoms with E-state index >= 15 is 0 Å². The van der Waals surface area contributed by atoms with Crippen LogP contribution in [0.4, 0.5) is 0 Å². The lowest BCUT2D eigenvalue weighted by molar-refractivity contribution is 0.112. The van der Waals surface area contributed by atoms with Gasteiger partial charge in [-0.1, -0.05) is 11.6 Å². The van der Waals surface area contributed by atoms with Gasteiger partial charge in [-0.15, -0.1) is 0 Å². The summed E-state index contributed by atoms with van der Waals surface area (Å²) < 4.78 is 0. The number of aliphatic hydroxyl groups is 1. The van der Waals surface area contributed by atoms with Gasteiger partial charge in [0.05, 0.1) is 6.61 Å². The van der Waals surface area contributed by atoms with Gasteiger partial charge in [0.25, 0.3) is 0 Å². The highest BCUT2D eigenvalue weighted by Gasteiger charge is 2.00. The van der Waals surface area contributed by atoms with E-state index in [1.54, 1.807) is 0 Å². The lowest BCUT2D eigenvalue weighted by atomic mass is 10.2. The van der Waals surface area contributed by atoms with Gasteiger partial charge in [-0.3, -0.25) is 4.79 Å². The van der Waals surface area contributed by atoms with Crippen LogP contribution >= 0.6 is 11.6 Å². The Bertz CT molecular complexity index is 275. The van der Waals surface area contributed by atoms with Crippen molar-refractivity contribution in [2.75, 3.05) is 0 Å². The maximum absolute atomic E-state index is 10.2. The number of aromatic nitrogens is 1. The molecule has 1 rings (SSSR count). The van der Waals surface area contributed by atoms with Crippen molar-refractivity contribution in [1.29, 1.82) is 0 Å². The molecule has 1 aromatic rings. The van der Waals surface area contributed by atoms with Gasteiger partial charge < -0.3 is 5.11 Å². The largest absolute Gasteiger partial charge is 0.392 e. The Labute approximate surface area is 68.6 Å². The van der Waals surface area contributed by atoms with E-state index in [1.165, 1.54) is 12.3 Å². The molecule has 0 radical (unpaired) electrons. The topological polar surface area (TPSA) is 50.2 Å². The quantitative estimate of drug-likeness (QED) is 0.534. The maximum Gasteiger partial charge on any atom is 0.151 e. The van der Waals surface area contributed by atoms with E-state index in [0.29, 0.717) is 17.4 Å². The zero-order chi connectivity index (χ0) is 8.27. The number of aliphatic hydroxyl groups excluding tert-OH is 1. The van der Waals surface area contributed by atoms with Crippen molar-refractivity contribution >= 4 is 17.9 Å². The first-order valence-corrected chi connectivity index (χ1v) is 3.36. The fraction of sp³-hybridized carbons (Fsp3) is 0.143. The number of aldehydes is 1. The molecule has 0 saturated carbocycles. The van der Waals surface area contributed by atoms with Gasteiger partial charge in [0, 0.05) is 17.3 Å².